The van der Waals surface area contributed by atoms with Crippen LogP contribution in [0.4, 0.5) is 0 Å². The van der Waals surface area contributed by atoms with E-state index in [0.717, 1.165) is 33.5 Å². The van der Waals surface area contributed by atoms with Crippen molar-refractivity contribution in [1.82, 2.24) is 9.97 Å². The molecule has 9 rings (SSSR count). The molecule has 0 fully saturated rings. The molecule has 2 nitrogen and oxygen atoms in total. The third-order valence-electron chi connectivity index (χ3n) is 10.0. The van der Waals surface area contributed by atoms with Gasteiger partial charge in [-0.25, -0.2) is 9.97 Å². The summed E-state index contributed by atoms with van der Waals surface area (Å²) in [6, 6.07) is 52.1. The first-order chi connectivity index (χ1) is 24.2. The summed E-state index contributed by atoms with van der Waals surface area (Å²) in [5, 5.41) is 1.04. The molecule has 2 heterocycles. The SMILES string of the molecule is C=C/C=C\C1=C(C)C2(c3ccccc3Sc3ccccc32)c2cc(-c3nc(-c4ccc(-c5ccccc5)cc4)nc4ccccc34)ccc21. The Hall–Kier alpha value is -5.77. The van der Waals surface area contributed by atoms with E-state index in [0.29, 0.717) is 0 Å². The second kappa shape index (κ2) is 11.7. The van der Waals surface area contributed by atoms with Gasteiger partial charge < -0.3 is 0 Å². The number of fused-ring (bicyclic) bond motifs is 7. The molecule has 0 unspecified atom stereocenters. The Morgan fingerprint density at radius 3 is 1.94 bits per heavy atom. The Morgan fingerprint density at radius 1 is 0.592 bits per heavy atom. The highest BCUT2D eigenvalue weighted by atomic mass is 32.2. The summed E-state index contributed by atoms with van der Waals surface area (Å²) < 4.78 is 0. The zero-order valence-corrected chi connectivity index (χ0v) is 27.9. The summed E-state index contributed by atoms with van der Waals surface area (Å²) in [5.41, 5.74) is 13.6. The third-order valence-corrected chi connectivity index (χ3v) is 11.2. The number of allylic oxidation sites excluding steroid dienone is 5. The lowest BCUT2D eigenvalue weighted by molar-refractivity contribution is 0.701. The number of hydrogen-bond acceptors (Lipinski definition) is 3. The zero-order valence-electron chi connectivity index (χ0n) is 27.1. The van der Waals surface area contributed by atoms with Gasteiger partial charge in [-0.1, -0.05) is 158 Å². The van der Waals surface area contributed by atoms with Gasteiger partial charge in [0.25, 0.3) is 0 Å². The molecule has 7 aromatic rings. The molecule has 0 N–H and O–H groups in total. The number of hydrogen-bond donors (Lipinski definition) is 0. The van der Waals surface area contributed by atoms with Gasteiger partial charge in [-0.05, 0) is 75.7 Å². The van der Waals surface area contributed by atoms with E-state index < -0.39 is 5.41 Å². The maximum Gasteiger partial charge on any atom is 0.160 e. The van der Waals surface area contributed by atoms with E-state index in [1.54, 1.807) is 0 Å². The van der Waals surface area contributed by atoms with Crippen LogP contribution in [0.3, 0.4) is 0 Å². The largest absolute Gasteiger partial charge is 0.228 e. The maximum atomic E-state index is 5.32. The summed E-state index contributed by atoms with van der Waals surface area (Å²) in [5.74, 6) is 0.720. The van der Waals surface area contributed by atoms with Crippen LogP contribution in [0.15, 0.2) is 186 Å². The van der Waals surface area contributed by atoms with Crippen LogP contribution in [0.5, 0.6) is 0 Å². The minimum atomic E-state index is -0.441. The zero-order chi connectivity index (χ0) is 33.0. The Bertz CT molecular complexity index is 2440. The molecule has 2 aliphatic rings. The smallest absolute Gasteiger partial charge is 0.160 e. The maximum absolute atomic E-state index is 5.32. The average molecular weight is 645 g/mol. The van der Waals surface area contributed by atoms with Gasteiger partial charge in [-0.15, -0.1) is 0 Å². The first-order valence-corrected chi connectivity index (χ1v) is 17.4. The Labute approximate surface area is 291 Å². The van der Waals surface area contributed by atoms with Crippen LogP contribution in [-0.4, -0.2) is 9.97 Å². The quantitative estimate of drug-likeness (QED) is 0.174. The van der Waals surface area contributed by atoms with Crippen LogP contribution in [0.2, 0.25) is 0 Å². The van der Waals surface area contributed by atoms with E-state index in [2.05, 4.69) is 165 Å². The standard InChI is InChI=1S/C46H32N2S/c1-3-4-16-35-30(2)46(38-18-9-12-21-42(38)49-43-22-13-10-19-39(43)46)40-29-34(27-28-36(35)40)44-37-17-8-11-20-41(37)47-45(48-44)33-25-23-32(24-26-33)31-14-6-5-7-15-31/h3-29H,1H2,2H3/b16-4-. The van der Waals surface area contributed by atoms with Gasteiger partial charge in [-0.3, -0.25) is 0 Å². The second-order valence-electron chi connectivity index (χ2n) is 12.6. The molecular formula is C46H32N2S. The normalized spacial score (nSPS) is 14.2. The molecule has 1 spiro atoms. The van der Waals surface area contributed by atoms with Gasteiger partial charge >= 0.3 is 0 Å². The van der Waals surface area contributed by atoms with Crippen LogP contribution in [0.1, 0.15) is 29.2 Å². The third kappa shape index (κ3) is 4.57. The monoisotopic (exact) mass is 644 g/mol. The molecule has 49 heavy (non-hydrogen) atoms. The number of aromatic nitrogens is 2. The highest BCUT2D eigenvalue weighted by molar-refractivity contribution is 7.99. The summed E-state index contributed by atoms with van der Waals surface area (Å²) in [4.78, 5) is 13.0. The fourth-order valence-corrected chi connectivity index (χ4v) is 8.97. The van der Waals surface area contributed by atoms with E-state index in [1.807, 2.05) is 23.9 Å². The van der Waals surface area contributed by atoms with E-state index in [1.165, 1.54) is 54.3 Å². The van der Waals surface area contributed by atoms with Crippen molar-refractivity contribution in [2.24, 2.45) is 0 Å². The fraction of sp³-hybridized carbons (Fsp3) is 0.0435. The van der Waals surface area contributed by atoms with Crippen molar-refractivity contribution in [3.63, 3.8) is 0 Å². The summed E-state index contributed by atoms with van der Waals surface area (Å²) in [7, 11) is 0. The molecule has 0 saturated heterocycles. The van der Waals surface area contributed by atoms with Crippen molar-refractivity contribution in [1.29, 1.82) is 0 Å². The van der Waals surface area contributed by atoms with Gasteiger partial charge in [0, 0.05) is 26.3 Å². The molecule has 1 aliphatic heterocycles. The Morgan fingerprint density at radius 2 is 1.20 bits per heavy atom. The van der Waals surface area contributed by atoms with Crippen molar-refractivity contribution < 1.29 is 0 Å². The molecule has 6 aromatic carbocycles. The molecule has 1 aromatic heterocycles. The van der Waals surface area contributed by atoms with Gasteiger partial charge in [0.05, 0.1) is 16.6 Å². The van der Waals surface area contributed by atoms with Gasteiger partial charge in [-0.2, -0.15) is 0 Å². The van der Waals surface area contributed by atoms with E-state index >= 15 is 0 Å². The molecule has 0 saturated carbocycles. The lowest BCUT2D eigenvalue weighted by Gasteiger charge is -2.40. The summed E-state index contributed by atoms with van der Waals surface area (Å²) >= 11 is 1.86. The van der Waals surface area contributed by atoms with Crippen molar-refractivity contribution in [2.75, 3.05) is 0 Å². The predicted molar refractivity (Wildman–Crippen MR) is 205 cm³/mol. The van der Waals surface area contributed by atoms with Crippen LogP contribution < -0.4 is 0 Å². The van der Waals surface area contributed by atoms with Crippen LogP contribution in [0, 0.1) is 0 Å². The number of rotatable bonds is 5. The molecule has 232 valence electrons. The lowest BCUT2D eigenvalue weighted by Crippen LogP contribution is -2.32. The average Bonchev–Trinajstić information content (AvgIpc) is 3.40. The first-order valence-electron chi connectivity index (χ1n) is 16.6. The topological polar surface area (TPSA) is 25.8 Å². The number of para-hydroxylation sites is 1. The van der Waals surface area contributed by atoms with Crippen molar-refractivity contribution >= 4 is 28.2 Å². The molecule has 0 radical (unpaired) electrons. The molecule has 3 heteroatoms. The van der Waals surface area contributed by atoms with Crippen LogP contribution in [0.25, 0.3) is 50.2 Å². The molecule has 0 atom stereocenters. The van der Waals surface area contributed by atoms with E-state index in [4.69, 9.17) is 9.97 Å². The lowest BCUT2D eigenvalue weighted by atomic mass is 9.66. The molecule has 1 aliphatic carbocycles. The first kappa shape index (κ1) is 29.4. The fourth-order valence-electron chi connectivity index (χ4n) is 7.78. The van der Waals surface area contributed by atoms with Crippen molar-refractivity contribution in [2.45, 2.75) is 22.1 Å². The Kier molecular flexibility index (Phi) is 7.03. The molecular weight excluding hydrogens is 613 g/mol. The minimum absolute atomic E-state index is 0.441. The Balaban J connectivity index is 1.27. The van der Waals surface area contributed by atoms with Gasteiger partial charge in [0.1, 0.15) is 0 Å². The van der Waals surface area contributed by atoms with Gasteiger partial charge in [0.15, 0.2) is 5.82 Å². The van der Waals surface area contributed by atoms with Gasteiger partial charge in [0.2, 0.25) is 0 Å². The van der Waals surface area contributed by atoms with Crippen molar-refractivity contribution in [3.05, 3.63) is 198 Å². The number of benzene rings is 6. The molecule has 0 bridgehead atoms. The predicted octanol–water partition coefficient (Wildman–Crippen LogP) is 12.0. The van der Waals surface area contributed by atoms with Crippen LogP contribution in [-0.2, 0) is 5.41 Å². The van der Waals surface area contributed by atoms with E-state index in [9.17, 15) is 0 Å². The summed E-state index contributed by atoms with van der Waals surface area (Å²) in [6.07, 6.45) is 6.14. The number of nitrogens with zero attached hydrogens (tertiary/aromatic N) is 2. The van der Waals surface area contributed by atoms with E-state index in [-0.39, 0.29) is 0 Å². The van der Waals surface area contributed by atoms with Crippen molar-refractivity contribution in [3.8, 4) is 33.8 Å². The molecule has 0 amide bonds. The summed E-state index contributed by atoms with van der Waals surface area (Å²) in [6.45, 7) is 6.30. The highest BCUT2D eigenvalue weighted by Gasteiger charge is 2.49. The minimum Gasteiger partial charge on any atom is -0.228 e. The van der Waals surface area contributed by atoms with Crippen LogP contribution >= 0.6 is 11.8 Å². The highest BCUT2D eigenvalue weighted by Crippen LogP contribution is 2.61. The second-order valence-corrected chi connectivity index (χ2v) is 13.7.